The number of nitrogens with one attached hydrogen (secondary N) is 2. The second kappa shape index (κ2) is 11.3. The molecule has 5 heteroatoms. The number of likely N-dealkylation sites (N-methyl/N-ethyl adjacent to an activating group) is 1. The van der Waals surface area contributed by atoms with Gasteiger partial charge >= 0.3 is 0 Å². The molecular weight excluding hydrogens is 334 g/mol. The summed E-state index contributed by atoms with van der Waals surface area (Å²) in [5, 5.41) is 6.91. The highest BCUT2D eigenvalue weighted by molar-refractivity contribution is 5.79. The Balaban J connectivity index is 1.84. The number of guanidine groups is 1. The molecule has 0 amide bonds. The normalized spacial score (nSPS) is 18.9. The number of aryl methyl sites for hydroxylation is 1. The summed E-state index contributed by atoms with van der Waals surface area (Å²) < 4.78 is 0. The van der Waals surface area contributed by atoms with Crippen LogP contribution in [0.4, 0.5) is 0 Å². The lowest BCUT2D eigenvalue weighted by Gasteiger charge is -2.37. The highest BCUT2D eigenvalue weighted by atomic mass is 15.3. The van der Waals surface area contributed by atoms with Gasteiger partial charge in [0.2, 0.25) is 0 Å². The van der Waals surface area contributed by atoms with Crippen molar-refractivity contribution in [2.45, 2.75) is 46.6 Å². The second-order valence-electron chi connectivity index (χ2n) is 7.73. The van der Waals surface area contributed by atoms with Crippen molar-refractivity contribution in [1.82, 2.24) is 20.4 Å². The van der Waals surface area contributed by atoms with Crippen LogP contribution in [-0.4, -0.2) is 74.2 Å². The number of nitrogens with zero attached hydrogens (tertiary/aromatic N) is 3. The van der Waals surface area contributed by atoms with Gasteiger partial charge in [0.05, 0.1) is 6.54 Å². The molecule has 0 aromatic heterocycles. The van der Waals surface area contributed by atoms with Crippen molar-refractivity contribution in [3.05, 3.63) is 35.4 Å². The average molecular weight is 374 g/mol. The topological polar surface area (TPSA) is 42.9 Å². The first-order valence-corrected chi connectivity index (χ1v) is 10.6. The van der Waals surface area contributed by atoms with Crippen LogP contribution in [0.2, 0.25) is 0 Å². The van der Waals surface area contributed by atoms with Gasteiger partial charge in [-0.1, -0.05) is 43.7 Å². The predicted octanol–water partition coefficient (Wildman–Crippen LogP) is 2.68. The summed E-state index contributed by atoms with van der Waals surface area (Å²) in [4.78, 5) is 9.93. The largest absolute Gasteiger partial charge is 0.357 e. The number of aliphatic imine (C=N–C) groups is 1. The van der Waals surface area contributed by atoms with Crippen LogP contribution >= 0.6 is 0 Å². The molecule has 2 unspecified atom stereocenters. The molecule has 1 saturated heterocycles. The molecule has 1 aliphatic rings. The number of benzene rings is 1. The van der Waals surface area contributed by atoms with E-state index in [1.54, 1.807) is 0 Å². The number of hydrogen-bond donors (Lipinski definition) is 2. The standard InChI is InChI=1S/C22H39N5/c1-6-23-22(24-16-19(4)21-10-8-9-18(3)15-21)25-17-20(5)27-13-11-26(7-2)12-14-27/h8-10,15,19-20H,6-7,11-14,16-17H2,1-5H3,(H2,23,24,25). The van der Waals surface area contributed by atoms with E-state index in [0.717, 1.165) is 45.2 Å². The van der Waals surface area contributed by atoms with Gasteiger partial charge in [-0.05, 0) is 38.8 Å². The van der Waals surface area contributed by atoms with E-state index in [4.69, 9.17) is 4.99 Å². The summed E-state index contributed by atoms with van der Waals surface area (Å²) in [5.41, 5.74) is 2.69. The van der Waals surface area contributed by atoms with E-state index in [-0.39, 0.29) is 0 Å². The predicted molar refractivity (Wildman–Crippen MR) is 117 cm³/mol. The van der Waals surface area contributed by atoms with Crippen molar-refractivity contribution in [3.8, 4) is 0 Å². The Morgan fingerprint density at radius 3 is 2.48 bits per heavy atom. The highest BCUT2D eigenvalue weighted by Gasteiger charge is 2.20. The first kappa shape index (κ1) is 21.7. The lowest BCUT2D eigenvalue weighted by Crippen LogP contribution is -2.50. The minimum absolute atomic E-state index is 0.452. The van der Waals surface area contributed by atoms with Gasteiger partial charge in [-0.2, -0.15) is 0 Å². The molecule has 1 aliphatic heterocycles. The Labute approximate surface area is 166 Å². The Morgan fingerprint density at radius 1 is 1.11 bits per heavy atom. The average Bonchev–Trinajstić information content (AvgIpc) is 2.69. The van der Waals surface area contributed by atoms with Gasteiger partial charge in [-0.15, -0.1) is 0 Å². The Morgan fingerprint density at radius 2 is 1.85 bits per heavy atom. The van der Waals surface area contributed by atoms with E-state index in [1.807, 2.05) is 0 Å². The molecule has 1 heterocycles. The van der Waals surface area contributed by atoms with E-state index in [1.165, 1.54) is 24.2 Å². The van der Waals surface area contributed by atoms with Crippen molar-refractivity contribution in [2.24, 2.45) is 4.99 Å². The Hall–Kier alpha value is -1.59. The summed E-state index contributed by atoms with van der Waals surface area (Å²) >= 11 is 0. The zero-order valence-electron chi connectivity index (χ0n) is 18.0. The number of piperazine rings is 1. The summed E-state index contributed by atoms with van der Waals surface area (Å²) in [6.45, 7) is 19.5. The molecule has 0 saturated carbocycles. The van der Waals surface area contributed by atoms with E-state index in [9.17, 15) is 0 Å². The van der Waals surface area contributed by atoms with Gasteiger partial charge < -0.3 is 15.5 Å². The third kappa shape index (κ3) is 7.15. The molecule has 0 bridgehead atoms. The molecule has 2 N–H and O–H groups in total. The van der Waals surface area contributed by atoms with Crippen LogP contribution in [0.5, 0.6) is 0 Å². The minimum atomic E-state index is 0.452. The lowest BCUT2D eigenvalue weighted by molar-refractivity contribution is 0.109. The van der Waals surface area contributed by atoms with E-state index in [2.05, 4.69) is 79.3 Å². The van der Waals surface area contributed by atoms with Gasteiger partial charge in [0, 0.05) is 45.3 Å². The third-order valence-electron chi connectivity index (χ3n) is 5.52. The van der Waals surface area contributed by atoms with Gasteiger partial charge in [0.1, 0.15) is 0 Å². The monoisotopic (exact) mass is 373 g/mol. The quantitative estimate of drug-likeness (QED) is 0.543. The highest BCUT2D eigenvalue weighted by Crippen LogP contribution is 2.15. The zero-order chi connectivity index (χ0) is 19.6. The molecular formula is C22H39N5. The summed E-state index contributed by atoms with van der Waals surface area (Å²) in [5.74, 6) is 1.38. The molecule has 2 rings (SSSR count). The number of hydrogen-bond acceptors (Lipinski definition) is 3. The molecule has 5 nitrogen and oxygen atoms in total. The van der Waals surface area contributed by atoms with Gasteiger partial charge in [0.15, 0.2) is 5.96 Å². The third-order valence-corrected chi connectivity index (χ3v) is 5.52. The molecule has 1 aromatic rings. The first-order valence-electron chi connectivity index (χ1n) is 10.6. The summed E-state index contributed by atoms with van der Waals surface area (Å²) in [7, 11) is 0. The fourth-order valence-corrected chi connectivity index (χ4v) is 3.55. The lowest BCUT2D eigenvalue weighted by atomic mass is 9.99. The molecule has 2 atom stereocenters. The van der Waals surface area contributed by atoms with Crippen molar-refractivity contribution in [2.75, 3.05) is 52.4 Å². The minimum Gasteiger partial charge on any atom is -0.357 e. The van der Waals surface area contributed by atoms with Gasteiger partial charge in [0.25, 0.3) is 0 Å². The summed E-state index contributed by atoms with van der Waals surface area (Å²) in [6.07, 6.45) is 0. The van der Waals surface area contributed by atoms with Gasteiger partial charge in [-0.3, -0.25) is 9.89 Å². The molecule has 0 radical (unpaired) electrons. The maximum atomic E-state index is 4.85. The Kier molecular flexibility index (Phi) is 9.08. The first-order chi connectivity index (χ1) is 13.0. The fraction of sp³-hybridized carbons (Fsp3) is 0.682. The molecule has 0 aliphatic carbocycles. The molecule has 0 spiro atoms. The van der Waals surface area contributed by atoms with Crippen LogP contribution < -0.4 is 10.6 Å². The number of rotatable bonds is 8. The summed E-state index contributed by atoms with van der Waals surface area (Å²) in [6, 6.07) is 9.25. The van der Waals surface area contributed by atoms with Crippen LogP contribution in [-0.2, 0) is 0 Å². The van der Waals surface area contributed by atoms with Crippen molar-refractivity contribution in [3.63, 3.8) is 0 Å². The van der Waals surface area contributed by atoms with E-state index >= 15 is 0 Å². The van der Waals surface area contributed by atoms with Crippen LogP contribution in [0, 0.1) is 6.92 Å². The smallest absolute Gasteiger partial charge is 0.191 e. The maximum Gasteiger partial charge on any atom is 0.191 e. The molecule has 27 heavy (non-hydrogen) atoms. The molecule has 1 fully saturated rings. The maximum absolute atomic E-state index is 4.85. The van der Waals surface area contributed by atoms with E-state index in [0.29, 0.717) is 12.0 Å². The van der Waals surface area contributed by atoms with Crippen molar-refractivity contribution >= 4 is 5.96 Å². The van der Waals surface area contributed by atoms with Crippen molar-refractivity contribution < 1.29 is 0 Å². The van der Waals surface area contributed by atoms with Gasteiger partial charge in [-0.25, -0.2) is 0 Å². The van der Waals surface area contributed by atoms with Crippen LogP contribution in [0.15, 0.2) is 29.3 Å². The van der Waals surface area contributed by atoms with Crippen LogP contribution in [0.3, 0.4) is 0 Å². The molecule has 1 aromatic carbocycles. The zero-order valence-corrected chi connectivity index (χ0v) is 18.0. The van der Waals surface area contributed by atoms with E-state index < -0.39 is 0 Å². The Bertz CT molecular complexity index is 578. The molecule has 152 valence electrons. The van der Waals surface area contributed by atoms with Crippen LogP contribution in [0.1, 0.15) is 44.7 Å². The van der Waals surface area contributed by atoms with Crippen LogP contribution in [0.25, 0.3) is 0 Å². The SMILES string of the molecule is CCNC(=NCC(C)N1CCN(CC)CC1)NCC(C)c1cccc(C)c1. The van der Waals surface area contributed by atoms with Crippen molar-refractivity contribution in [1.29, 1.82) is 0 Å². The second-order valence-corrected chi connectivity index (χ2v) is 7.73. The fourth-order valence-electron chi connectivity index (χ4n) is 3.55.